The fourth-order valence-electron chi connectivity index (χ4n) is 2.76. The number of hydrogen-bond acceptors (Lipinski definition) is 4. The fraction of sp³-hybridized carbons (Fsp3) is 0.0526. The Bertz CT molecular complexity index is 1130. The maximum absolute atomic E-state index is 12.6. The van der Waals surface area contributed by atoms with Crippen molar-refractivity contribution in [2.75, 3.05) is 5.32 Å². The summed E-state index contributed by atoms with van der Waals surface area (Å²) in [6.45, 7) is 0.608. The van der Waals surface area contributed by atoms with Crippen molar-refractivity contribution in [3.8, 4) is 0 Å². The molecule has 0 radical (unpaired) electrons. The molecule has 0 bridgehead atoms. The average molecular weight is 345 g/mol. The van der Waals surface area contributed by atoms with Crippen LogP contribution in [0.1, 0.15) is 16.1 Å². The summed E-state index contributed by atoms with van der Waals surface area (Å²) in [4.78, 5) is 24.4. The van der Waals surface area contributed by atoms with Gasteiger partial charge >= 0.3 is 0 Å². The Morgan fingerprint density at radius 2 is 1.77 bits per heavy atom. The van der Waals surface area contributed by atoms with Crippen LogP contribution in [0.5, 0.6) is 0 Å². The Balaban J connectivity index is 1.56. The van der Waals surface area contributed by atoms with Gasteiger partial charge in [0.05, 0.1) is 23.8 Å². The molecule has 1 amide bonds. The highest BCUT2D eigenvalue weighted by Crippen LogP contribution is 2.15. The zero-order valence-corrected chi connectivity index (χ0v) is 13.7. The monoisotopic (exact) mass is 345 g/mol. The topological polar surface area (TPSA) is 92.7 Å². The van der Waals surface area contributed by atoms with Crippen LogP contribution in [0, 0.1) is 0 Å². The molecular weight excluding hydrogens is 330 g/mol. The molecule has 2 aromatic carbocycles. The van der Waals surface area contributed by atoms with E-state index < -0.39 is 5.91 Å². The van der Waals surface area contributed by atoms with Crippen LogP contribution < -0.4 is 10.9 Å². The number of rotatable bonds is 4. The van der Waals surface area contributed by atoms with Crippen molar-refractivity contribution in [3.63, 3.8) is 0 Å². The Morgan fingerprint density at radius 3 is 2.58 bits per heavy atom. The van der Waals surface area contributed by atoms with E-state index in [9.17, 15) is 9.59 Å². The normalized spacial score (nSPS) is 10.8. The van der Waals surface area contributed by atoms with Gasteiger partial charge in [0.1, 0.15) is 0 Å². The highest BCUT2D eigenvalue weighted by molar-refractivity contribution is 6.10. The lowest BCUT2D eigenvalue weighted by Crippen LogP contribution is -2.19. The van der Waals surface area contributed by atoms with Crippen molar-refractivity contribution in [2.24, 2.45) is 0 Å². The van der Waals surface area contributed by atoms with Crippen LogP contribution in [0.4, 0.5) is 5.69 Å². The van der Waals surface area contributed by atoms with E-state index in [0.29, 0.717) is 23.0 Å². The number of nitrogens with zero attached hydrogens (tertiary/aromatic N) is 3. The summed E-state index contributed by atoms with van der Waals surface area (Å²) in [5, 5.41) is 14.2. The van der Waals surface area contributed by atoms with Gasteiger partial charge in [-0.1, -0.05) is 48.5 Å². The van der Waals surface area contributed by atoms with E-state index in [-0.39, 0.29) is 11.3 Å². The van der Waals surface area contributed by atoms with Gasteiger partial charge in [-0.25, -0.2) is 5.10 Å². The standard InChI is InChI=1S/C19H15N5O2/c25-18-16-9-5-4-8-15(16)17(22-23-18)19(26)21-14-10-20-24(12-14)11-13-6-2-1-3-7-13/h1-10,12H,11H2,(H,21,26)(H,23,25). The van der Waals surface area contributed by atoms with Crippen LogP contribution in [0.2, 0.25) is 0 Å². The number of aromatic nitrogens is 4. The molecule has 2 N–H and O–H groups in total. The van der Waals surface area contributed by atoms with Gasteiger partial charge in [0.25, 0.3) is 11.5 Å². The van der Waals surface area contributed by atoms with Crippen LogP contribution in [0.3, 0.4) is 0 Å². The van der Waals surface area contributed by atoms with Gasteiger partial charge in [0.2, 0.25) is 0 Å². The summed E-state index contributed by atoms with van der Waals surface area (Å²) in [6.07, 6.45) is 3.33. The van der Waals surface area contributed by atoms with Crippen LogP contribution in [0.25, 0.3) is 10.8 Å². The average Bonchev–Trinajstić information content (AvgIpc) is 3.10. The Hall–Kier alpha value is -3.74. The summed E-state index contributed by atoms with van der Waals surface area (Å²) in [5.74, 6) is -0.406. The number of fused-ring (bicyclic) bond motifs is 1. The third kappa shape index (κ3) is 3.10. The number of anilines is 1. The van der Waals surface area contributed by atoms with Crippen LogP contribution in [-0.2, 0) is 6.54 Å². The van der Waals surface area contributed by atoms with Crippen molar-refractivity contribution in [2.45, 2.75) is 6.54 Å². The predicted octanol–water partition coefficient (Wildman–Crippen LogP) is 2.42. The number of benzene rings is 2. The maximum Gasteiger partial charge on any atom is 0.276 e. The summed E-state index contributed by atoms with van der Waals surface area (Å²) < 4.78 is 1.74. The summed E-state index contributed by atoms with van der Waals surface area (Å²) in [5.41, 5.74) is 1.51. The van der Waals surface area contributed by atoms with Gasteiger partial charge in [0, 0.05) is 11.6 Å². The molecule has 0 saturated heterocycles. The first kappa shape index (κ1) is 15.8. The van der Waals surface area contributed by atoms with E-state index in [2.05, 4.69) is 20.6 Å². The molecule has 7 heteroatoms. The van der Waals surface area contributed by atoms with Crippen molar-refractivity contribution >= 4 is 22.4 Å². The molecule has 2 aromatic heterocycles. The minimum absolute atomic E-state index is 0.163. The molecule has 0 atom stereocenters. The zero-order valence-electron chi connectivity index (χ0n) is 13.7. The van der Waals surface area contributed by atoms with E-state index in [4.69, 9.17) is 0 Å². The molecule has 0 aliphatic rings. The van der Waals surface area contributed by atoms with E-state index in [1.54, 1.807) is 41.3 Å². The SMILES string of the molecule is O=C(Nc1cnn(Cc2ccccc2)c1)c1n[nH]c(=O)c2ccccc12. The first-order chi connectivity index (χ1) is 12.7. The van der Waals surface area contributed by atoms with Gasteiger partial charge < -0.3 is 5.32 Å². The Morgan fingerprint density at radius 1 is 1.04 bits per heavy atom. The van der Waals surface area contributed by atoms with Crippen LogP contribution in [0.15, 0.2) is 71.8 Å². The largest absolute Gasteiger partial charge is 0.318 e. The molecule has 7 nitrogen and oxygen atoms in total. The molecule has 4 rings (SSSR count). The highest BCUT2D eigenvalue weighted by Gasteiger charge is 2.14. The number of nitrogens with one attached hydrogen (secondary N) is 2. The first-order valence-electron chi connectivity index (χ1n) is 8.06. The molecule has 0 saturated carbocycles. The second-order valence-electron chi connectivity index (χ2n) is 5.81. The summed E-state index contributed by atoms with van der Waals surface area (Å²) >= 11 is 0. The van der Waals surface area contributed by atoms with Crippen molar-refractivity contribution < 1.29 is 4.79 Å². The highest BCUT2D eigenvalue weighted by atomic mass is 16.2. The molecule has 26 heavy (non-hydrogen) atoms. The molecule has 2 heterocycles. The lowest BCUT2D eigenvalue weighted by atomic mass is 10.1. The van der Waals surface area contributed by atoms with E-state index in [0.717, 1.165) is 5.56 Å². The number of carbonyl (C=O) groups is 1. The minimum atomic E-state index is -0.406. The van der Waals surface area contributed by atoms with E-state index in [1.165, 1.54) is 0 Å². The Kier molecular flexibility index (Phi) is 4.03. The fourth-order valence-corrected chi connectivity index (χ4v) is 2.76. The summed E-state index contributed by atoms with van der Waals surface area (Å²) in [7, 11) is 0. The second-order valence-corrected chi connectivity index (χ2v) is 5.81. The lowest BCUT2D eigenvalue weighted by molar-refractivity contribution is 0.102. The number of H-pyrrole nitrogens is 1. The van der Waals surface area contributed by atoms with Gasteiger partial charge in [-0.2, -0.15) is 10.2 Å². The van der Waals surface area contributed by atoms with Crippen molar-refractivity contribution in [3.05, 3.63) is 88.6 Å². The van der Waals surface area contributed by atoms with Crippen LogP contribution in [-0.4, -0.2) is 25.9 Å². The predicted molar refractivity (Wildman–Crippen MR) is 98.1 cm³/mol. The number of aromatic amines is 1. The second kappa shape index (κ2) is 6.64. The summed E-state index contributed by atoms with van der Waals surface area (Å²) in [6, 6.07) is 16.8. The quantitative estimate of drug-likeness (QED) is 0.594. The number of hydrogen-bond donors (Lipinski definition) is 2. The third-order valence-electron chi connectivity index (χ3n) is 3.99. The van der Waals surface area contributed by atoms with Gasteiger partial charge in [-0.15, -0.1) is 0 Å². The number of amides is 1. The van der Waals surface area contributed by atoms with Crippen molar-refractivity contribution in [1.82, 2.24) is 20.0 Å². The molecule has 128 valence electrons. The molecule has 0 aliphatic heterocycles. The molecule has 0 fully saturated rings. The molecule has 0 unspecified atom stereocenters. The first-order valence-corrected chi connectivity index (χ1v) is 8.06. The maximum atomic E-state index is 12.6. The van der Waals surface area contributed by atoms with Gasteiger partial charge in [-0.3, -0.25) is 14.3 Å². The van der Waals surface area contributed by atoms with Crippen molar-refractivity contribution in [1.29, 1.82) is 0 Å². The molecule has 4 aromatic rings. The third-order valence-corrected chi connectivity index (χ3v) is 3.99. The lowest BCUT2D eigenvalue weighted by Gasteiger charge is -2.05. The smallest absolute Gasteiger partial charge is 0.276 e. The van der Waals surface area contributed by atoms with Gasteiger partial charge in [-0.05, 0) is 11.6 Å². The molecule has 0 spiro atoms. The molecular formula is C19H15N5O2. The minimum Gasteiger partial charge on any atom is -0.318 e. The number of carbonyl (C=O) groups excluding carboxylic acids is 1. The molecule has 0 aliphatic carbocycles. The van der Waals surface area contributed by atoms with Gasteiger partial charge in [0.15, 0.2) is 5.69 Å². The van der Waals surface area contributed by atoms with E-state index >= 15 is 0 Å². The van der Waals surface area contributed by atoms with E-state index in [1.807, 2.05) is 30.3 Å². The Labute approximate surface area is 148 Å². The zero-order chi connectivity index (χ0) is 17.9. The van der Waals surface area contributed by atoms with Crippen LogP contribution >= 0.6 is 0 Å².